The van der Waals surface area contributed by atoms with Gasteiger partial charge in [-0.25, -0.2) is 22.0 Å². The van der Waals surface area contributed by atoms with Crippen molar-refractivity contribution in [1.29, 1.82) is 0 Å². The van der Waals surface area contributed by atoms with E-state index >= 15 is 0 Å². The number of nitrogens with one attached hydrogen (secondary N) is 1. The second kappa shape index (κ2) is 6.43. The fraction of sp³-hybridized carbons (Fsp3) is 0.0769. The minimum atomic E-state index is -2.23. The predicted molar refractivity (Wildman–Crippen MR) is 74.1 cm³/mol. The van der Waals surface area contributed by atoms with Crippen LogP contribution in [-0.4, -0.2) is 13.4 Å². The molecule has 1 N–H and O–H groups in total. The van der Waals surface area contributed by atoms with E-state index in [2.05, 4.69) is 5.23 Å². The van der Waals surface area contributed by atoms with Crippen LogP contribution in [0.15, 0.2) is 24.3 Å². The molecule has 0 aliphatic rings. The van der Waals surface area contributed by atoms with Crippen LogP contribution in [0.1, 0.15) is 0 Å². The fourth-order valence-corrected chi connectivity index (χ4v) is 2.07. The van der Waals surface area contributed by atoms with Gasteiger partial charge in [-0.05, 0) is 24.3 Å². The molecule has 0 heterocycles. The van der Waals surface area contributed by atoms with Crippen LogP contribution in [0, 0.1) is 29.1 Å². The van der Waals surface area contributed by atoms with Crippen molar-refractivity contribution in [2.45, 2.75) is 0 Å². The first-order chi connectivity index (χ1) is 10.4. The lowest BCUT2D eigenvalue weighted by Gasteiger charge is -2.13. The Kier molecular flexibility index (Phi) is 4.80. The minimum absolute atomic E-state index is 0.310. The van der Waals surface area contributed by atoms with Crippen LogP contribution < -0.4 is 15.4 Å². The molecular weight excluding hydrogens is 327 g/mol. The molecule has 2 aromatic rings. The SMILES string of the molecule is COc1ccc(NB(Cl)c2c(F)c(F)c(F)c(F)c2F)cc1. The summed E-state index contributed by atoms with van der Waals surface area (Å²) in [6.07, 6.45) is -1.65. The Hall–Kier alpha value is -1.96. The molecule has 0 saturated carbocycles. The third-order valence-electron chi connectivity index (χ3n) is 2.88. The first-order valence-corrected chi connectivity index (χ1v) is 6.36. The molecule has 0 saturated heterocycles. The van der Waals surface area contributed by atoms with E-state index in [0.717, 1.165) is 0 Å². The van der Waals surface area contributed by atoms with Gasteiger partial charge >= 0.3 is 6.26 Å². The normalized spacial score (nSPS) is 10.5. The van der Waals surface area contributed by atoms with Crippen molar-refractivity contribution in [3.8, 4) is 5.75 Å². The zero-order valence-electron chi connectivity index (χ0n) is 11.1. The van der Waals surface area contributed by atoms with Gasteiger partial charge in [-0.1, -0.05) is 0 Å². The lowest BCUT2D eigenvalue weighted by molar-refractivity contribution is 0.384. The lowest BCUT2D eigenvalue weighted by Crippen LogP contribution is -2.40. The number of anilines is 1. The lowest BCUT2D eigenvalue weighted by atomic mass is 9.79. The molecular formula is C13H8BClF5NO. The van der Waals surface area contributed by atoms with Crippen molar-refractivity contribution in [1.82, 2.24) is 0 Å². The second-order valence-electron chi connectivity index (χ2n) is 4.22. The summed E-state index contributed by atoms with van der Waals surface area (Å²) >= 11 is 5.74. The molecule has 0 aliphatic carbocycles. The summed E-state index contributed by atoms with van der Waals surface area (Å²) < 4.78 is 71.4. The topological polar surface area (TPSA) is 21.3 Å². The Morgan fingerprint density at radius 3 is 1.77 bits per heavy atom. The highest BCUT2D eigenvalue weighted by molar-refractivity contribution is 7.15. The van der Waals surface area contributed by atoms with E-state index in [4.69, 9.17) is 16.2 Å². The highest BCUT2D eigenvalue weighted by Gasteiger charge is 2.32. The number of benzene rings is 2. The summed E-state index contributed by atoms with van der Waals surface area (Å²) in [5.74, 6) is -9.75. The van der Waals surface area contributed by atoms with Gasteiger partial charge in [-0.15, -0.1) is 0 Å². The summed E-state index contributed by atoms with van der Waals surface area (Å²) in [6, 6.07) is 6.01. The minimum Gasteiger partial charge on any atom is -0.497 e. The smallest absolute Gasteiger partial charge is 0.398 e. The molecule has 0 spiro atoms. The van der Waals surface area contributed by atoms with Gasteiger partial charge in [0.1, 0.15) is 5.75 Å². The number of hydrogen-bond donors (Lipinski definition) is 1. The molecule has 0 bridgehead atoms. The van der Waals surface area contributed by atoms with Gasteiger partial charge in [-0.2, -0.15) is 11.5 Å². The summed E-state index contributed by atoms with van der Waals surface area (Å²) in [6.45, 7) is 0. The van der Waals surface area contributed by atoms with Crippen LogP contribution in [-0.2, 0) is 0 Å². The predicted octanol–water partition coefficient (Wildman–Crippen LogP) is 3.44. The van der Waals surface area contributed by atoms with Crippen molar-refractivity contribution in [3.63, 3.8) is 0 Å². The Balaban J connectivity index is 2.35. The van der Waals surface area contributed by atoms with Gasteiger partial charge in [-0.3, -0.25) is 0 Å². The van der Waals surface area contributed by atoms with E-state index < -0.39 is 40.8 Å². The average Bonchev–Trinajstić information content (AvgIpc) is 2.52. The van der Waals surface area contributed by atoms with Crippen molar-refractivity contribution < 1.29 is 26.7 Å². The van der Waals surface area contributed by atoms with Crippen molar-refractivity contribution in [2.75, 3.05) is 12.3 Å². The zero-order chi connectivity index (χ0) is 16.4. The third-order valence-corrected chi connectivity index (χ3v) is 3.21. The molecule has 116 valence electrons. The maximum atomic E-state index is 13.6. The van der Waals surface area contributed by atoms with Crippen LogP contribution in [0.4, 0.5) is 27.6 Å². The molecule has 2 nitrogen and oxygen atoms in total. The quantitative estimate of drug-likeness (QED) is 0.400. The van der Waals surface area contributed by atoms with Crippen LogP contribution >= 0.6 is 11.5 Å². The molecule has 0 unspecified atom stereocenters. The average molecular weight is 335 g/mol. The maximum absolute atomic E-state index is 13.6. The molecule has 2 rings (SSSR count). The van der Waals surface area contributed by atoms with E-state index in [1.165, 1.54) is 31.4 Å². The van der Waals surface area contributed by atoms with Crippen LogP contribution in [0.25, 0.3) is 0 Å². The summed E-state index contributed by atoms with van der Waals surface area (Å²) in [5.41, 5.74) is -0.835. The van der Waals surface area contributed by atoms with Crippen molar-refractivity contribution in [2.24, 2.45) is 0 Å². The van der Waals surface area contributed by atoms with Crippen molar-refractivity contribution >= 4 is 28.9 Å². The Morgan fingerprint density at radius 2 is 1.32 bits per heavy atom. The van der Waals surface area contributed by atoms with Crippen LogP contribution in [0.3, 0.4) is 0 Å². The third kappa shape index (κ3) is 2.97. The molecule has 0 aliphatic heterocycles. The van der Waals surface area contributed by atoms with Crippen LogP contribution in [0.5, 0.6) is 5.75 Å². The molecule has 0 radical (unpaired) electrons. The van der Waals surface area contributed by atoms with E-state index in [1.54, 1.807) is 0 Å². The van der Waals surface area contributed by atoms with E-state index in [-0.39, 0.29) is 0 Å². The highest BCUT2D eigenvalue weighted by atomic mass is 35.5. The Morgan fingerprint density at radius 1 is 0.864 bits per heavy atom. The first-order valence-electron chi connectivity index (χ1n) is 5.92. The van der Waals surface area contributed by atoms with Gasteiger partial charge in [0.05, 0.1) is 7.11 Å². The maximum Gasteiger partial charge on any atom is 0.398 e. The van der Waals surface area contributed by atoms with Crippen molar-refractivity contribution in [3.05, 3.63) is 53.4 Å². The summed E-state index contributed by atoms with van der Waals surface area (Å²) in [4.78, 5) is 0. The number of hydrogen-bond acceptors (Lipinski definition) is 2. The summed E-state index contributed by atoms with van der Waals surface area (Å²) in [7, 11) is 1.45. The van der Waals surface area contributed by atoms with Crippen LogP contribution in [0.2, 0.25) is 0 Å². The molecule has 0 amide bonds. The fourth-order valence-electron chi connectivity index (χ4n) is 1.75. The summed E-state index contributed by atoms with van der Waals surface area (Å²) in [5, 5.41) is 2.44. The number of ether oxygens (including phenoxy) is 1. The molecule has 0 atom stereocenters. The zero-order valence-corrected chi connectivity index (χ0v) is 11.8. The molecule has 9 heteroatoms. The molecule has 2 aromatic carbocycles. The standard InChI is InChI=1S/C13H8BClF5NO/c1-22-7-4-2-6(3-5-7)21-14(15)8-9(16)11(18)13(20)12(19)10(8)17/h2-5,21H,1H3. The second-order valence-corrected chi connectivity index (χ2v) is 4.66. The highest BCUT2D eigenvalue weighted by Crippen LogP contribution is 2.19. The molecule has 22 heavy (non-hydrogen) atoms. The first kappa shape index (κ1) is 16.4. The molecule has 0 aromatic heterocycles. The number of rotatable bonds is 4. The number of methoxy groups -OCH3 is 1. The van der Waals surface area contributed by atoms with Gasteiger partial charge in [0, 0.05) is 11.2 Å². The van der Waals surface area contributed by atoms with Gasteiger partial charge in [0.25, 0.3) is 0 Å². The van der Waals surface area contributed by atoms with E-state index in [0.29, 0.717) is 11.4 Å². The Labute approximate surface area is 127 Å². The van der Waals surface area contributed by atoms with E-state index in [9.17, 15) is 22.0 Å². The monoisotopic (exact) mass is 335 g/mol. The van der Waals surface area contributed by atoms with Gasteiger partial charge < -0.3 is 9.96 Å². The van der Waals surface area contributed by atoms with Gasteiger partial charge in [0.2, 0.25) is 0 Å². The molecule has 0 fully saturated rings. The van der Waals surface area contributed by atoms with Gasteiger partial charge in [0.15, 0.2) is 29.1 Å². The largest absolute Gasteiger partial charge is 0.497 e. The number of halogens is 6. The Bertz CT molecular complexity index is 669. The van der Waals surface area contributed by atoms with E-state index in [1.807, 2.05) is 0 Å².